The Bertz CT molecular complexity index is 664. The van der Waals surface area contributed by atoms with Crippen molar-refractivity contribution in [2.45, 2.75) is 11.4 Å². The number of alkyl halides is 1. The van der Waals surface area contributed by atoms with E-state index in [1.165, 1.54) is 22.9 Å². The Morgan fingerprint density at radius 3 is 2.65 bits per heavy atom. The van der Waals surface area contributed by atoms with Crippen LogP contribution >= 0.6 is 0 Å². The molecule has 17 heavy (non-hydrogen) atoms. The summed E-state index contributed by atoms with van der Waals surface area (Å²) in [5.41, 5.74) is 0.438. The molecule has 92 valence electrons. The zero-order valence-corrected chi connectivity index (χ0v) is 9.55. The van der Waals surface area contributed by atoms with Crippen molar-refractivity contribution in [3.63, 3.8) is 0 Å². The molecule has 0 unspecified atom stereocenters. The maximum absolute atomic E-state index is 13.1. The second-order valence-electron chi connectivity index (χ2n) is 3.58. The second kappa shape index (κ2) is 4.08. The van der Waals surface area contributed by atoms with Gasteiger partial charge in [0.05, 0.1) is 6.54 Å². The number of hydrogen-bond donors (Lipinski definition) is 1. The Hall–Kier alpha value is -1.47. The molecule has 7 heteroatoms. The molecule has 0 saturated heterocycles. The molecule has 0 aliphatic heterocycles. The standard InChI is InChI=1S/C10H10F2N2O2S/c11-3-4-14-6-10(17(13,15)16)8-5-7(12)1-2-9(8)14/h1-2,5-6H,3-4H2,(H2,13,15,16). The second-order valence-corrected chi connectivity index (χ2v) is 5.11. The minimum atomic E-state index is -3.95. The van der Waals surface area contributed by atoms with E-state index in [1.807, 2.05) is 0 Å². The lowest BCUT2D eigenvalue weighted by molar-refractivity contribution is 0.450. The van der Waals surface area contributed by atoms with E-state index in [0.29, 0.717) is 5.52 Å². The topological polar surface area (TPSA) is 65.1 Å². The number of aromatic nitrogens is 1. The lowest BCUT2D eigenvalue weighted by atomic mass is 10.2. The maximum Gasteiger partial charge on any atom is 0.240 e. The molecule has 0 atom stereocenters. The first-order valence-corrected chi connectivity index (χ1v) is 6.35. The number of hydrogen-bond acceptors (Lipinski definition) is 2. The number of nitrogens with two attached hydrogens (primary N) is 1. The molecular weight excluding hydrogens is 250 g/mol. The Morgan fingerprint density at radius 2 is 2.06 bits per heavy atom. The highest BCUT2D eigenvalue weighted by Gasteiger charge is 2.17. The molecule has 1 aromatic carbocycles. The summed E-state index contributed by atoms with van der Waals surface area (Å²) in [4.78, 5) is -0.194. The van der Waals surface area contributed by atoms with Crippen LogP contribution in [0.2, 0.25) is 0 Å². The molecule has 0 bridgehead atoms. The molecule has 0 amide bonds. The van der Waals surface area contributed by atoms with Crippen molar-refractivity contribution >= 4 is 20.9 Å². The molecular formula is C10H10F2N2O2S. The molecule has 0 spiro atoms. The predicted molar refractivity (Wildman–Crippen MR) is 59.2 cm³/mol. The first-order chi connectivity index (χ1) is 7.93. The number of rotatable bonds is 3. The van der Waals surface area contributed by atoms with E-state index in [4.69, 9.17) is 5.14 Å². The van der Waals surface area contributed by atoms with E-state index in [9.17, 15) is 17.2 Å². The van der Waals surface area contributed by atoms with E-state index in [0.717, 1.165) is 6.07 Å². The van der Waals surface area contributed by atoms with Gasteiger partial charge in [-0.25, -0.2) is 22.3 Å². The summed E-state index contributed by atoms with van der Waals surface area (Å²) in [6.45, 7) is -0.650. The largest absolute Gasteiger partial charge is 0.343 e. The molecule has 2 rings (SSSR count). The van der Waals surface area contributed by atoms with Gasteiger partial charge in [0.25, 0.3) is 0 Å². The van der Waals surface area contributed by atoms with Gasteiger partial charge in [-0.2, -0.15) is 0 Å². The number of sulfonamides is 1. The zero-order chi connectivity index (χ0) is 12.6. The summed E-state index contributed by atoms with van der Waals surface area (Å²) in [5, 5.41) is 5.19. The van der Waals surface area contributed by atoms with E-state index in [-0.39, 0.29) is 16.8 Å². The van der Waals surface area contributed by atoms with Gasteiger partial charge in [-0.15, -0.1) is 0 Å². The van der Waals surface area contributed by atoms with Crippen LogP contribution in [0.25, 0.3) is 10.9 Å². The molecule has 4 nitrogen and oxygen atoms in total. The number of nitrogens with zero attached hydrogens (tertiary/aromatic N) is 1. The third-order valence-electron chi connectivity index (χ3n) is 2.44. The summed E-state index contributed by atoms with van der Waals surface area (Å²) >= 11 is 0. The average molecular weight is 260 g/mol. The summed E-state index contributed by atoms with van der Waals surface area (Å²) in [6.07, 6.45) is 1.22. The zero-order valence-electron chi connectivity index (χ0n) is 8.73. The lowest BCUT2D eigenvalue weighted by Gasteiger charge is -2.00. The Balaban J connectivity index is 2.80. The van der Waals surface area contributed by atoms with Crippen LogP contribution in [0.4, 0.5) is 8.78 Å². The van der Waals surface area contributed by atoms with Crippen LogP contribution in [0.5, 0.6) is 0 Å². The quantitative estimate of drug-likeness (QED) is 0.906. The number of primary sulfonamides is 1. The SMILES string of the molecule is NS(=O)(=O)c1cn(CCF)c2ccc(F)cc12. The van der Waals surface area contributed by atoms with Gasteiger partial charge >= 0.3 is 0 Å². The molecule has 2 aromatic rings. The first-order valence-electron chi connectivity index (χ1n) is 4.80. The van der Waals surface area contributed by atoms with Crippen LogP contribution in [0.15, 0.2) is 29.3 Å². The van der Waals surface area contributed by atoms with Crippen molar-refractivity contribution in [2.24, 2.45) is 5.14 Å². The smallest absolute Gasteiger partial charge is 0.240 e. The van der Waals surface area contributed by atoms with E-state index in [1.54, 1.807) is 0 Å². The van der Waals surface area contributed by atoms with Crippen molar-refractivity contribution in [3.05, 3.63) is 30.2 Å². The first kappa shape index (κ1) is 12.0. The number of halogens is 2. The van der Waals surface area contributed by atoms with Crippen LogP contribution in [-0.4, -0.2) is 19.7 Å². The monoisotopic (exact) mass is 260 g/mol. The van der Waals surface area contributed by atoms with E-state index < -0.39 is 22.5 Å². The summed E-state index contributed by atoms with van der Waals surface area (Å²) in [6, 6.07) is 3.66. The molecule has 1 heterocycles. The van der Waals surface area contributed by atoms with E-state index >= 15 is 0 Å². The summed E-state index contributed by atoms with van der Waals surface area (Å²) in [7, 11) is -3.95. The lowest BCUT2D eigenvalue weighted by Crippen LogP contribution is -2.11. The van der Waals surface area contributed by atoms with Crippen molar-refractivity contribution < 1.29 is 17.2 Å². The van der Waals surface area contributed by atoms with Gasteiger partial charge in [0.1, 0.15) is 17.4 Å². The van der Waals surface area contributed by atoms with Gasteiger partial charge in [-0.05, 0) is 18.2 Å². The van der Waals surface area contributed by atoms with Crippen molar-refractivity contribution in [1.29, 1.82) is 0 Å². The normalized spacial score (nSPS) is 12.2. The fraction of sp³-hybridized carbons (Fsp3) is 0.200. The third kappa shape index (κ3) is 2.16. The van der Waals surface area contributed by atoms with Gasteiger partial charge in [0.15, 0.2) is 0 Å². The van der Waals surface area contributed by atoms with Crippen molar-refractivity contribution in [3.8, 4) is 0 Å². The minimum Gasteiger partial charge on any atom is -0.343 e. The maximum atomic E-state index is 13.1. The number of fused-ring (bicyclic) bond motifs is 1. The molecule has 2 N–H and O–H groups in total. The van der Waals surface area contributed by atoms with Gasteiger partial charge in [0.2, 0.25) is 10.0 Å². The third-order valence-corrected chi connectivity index (χ3v) is 3.38. The molecule has 0 saturated carbocycles. The van der Waals surface area contributed by atoms with Crippen LogP contribution in [0, 0.1) is 5.82 Å². The molecule has 0 radical (unpaired) electrons. The van der Waals surface area contributed by atoms with Crippen LogP contribution in [-0.2, 0) is 16.6 Å². The number of aryl methyl sites for hydroxylation is 1. The highest BCUT2D eigenvalue weighted by atomic mass is 32.2. The van der Waals surface area contributed by atoms with Crippen LogP contribution in [0.3, 0.4) is 0 Å². The highest BCUT2D eigenvalue weighted by molar-refractivity contribution is 7.89. The fourth-order valence-corrected chi connectivity index (χ4v) is 2.48. The van der Waals surface area contributed by atoms with Gasteiger partial charge in [-0.3, -0.25) is 0 Å². The summed E-state index contributed by atoms with van der Waals surface area (Å²) < 4.78 is 49.4. The number of benzene rings is 1. The molecule has 0 aliphatic rings. The minimum absolute atomic E-state index is 0.00233. The highest BCUT2D eigenvalue weighted by Crippen LogP contribution is 2.25. The van der Waals surface area contributed by atoms with E-state index in [2.05, 4.69) is 0 Å². The van der Waals surface area contributed by atoms with Gasteiger partial charge in [-0.1, -0.05) is 0 Å². The molecule has 0 fully saturated rings. The summed E-state index contributed by atoms with van der Waals surface area (Å²) in [5.74, 6) is -0.569. The van der Waals surface area contributed by atoms with Gasteiger partial charge < -0.3 is 4.57 Å². The van der Waals surface area contributed by atoms with Crippen LogP contribution < -0.4 is 5.14 Å². The Labute approximate surface area is 96.7 Å². The Kier molecular flexibility index (Phi) is 2.88. The van der Waals surface area contributed by atoms with Gasteiger partial charge in [0, 0.05) is 17.1 Å². The van der Waals surface area contributed by atoms with Crippen molar-refractivity contribution in [2.75, 3.05) is 6.67 Å². The average Bonchev–Trinajstić information content (AvgIpc) is 2.56. The Morgan fingerprint density at radius 1 is 1.35 bits per heavy atom. The molecule has 1 aromatic heterocycles. The molecule has 0 aliphatic carbocycles. The fourth-order valence-electron chi connectivity index (χ4n) is 1.74. The predicted octanol–water partition coefficient (Wildman–Crippen LogP) is 1.40. The van der Waals surface area contributed by atoms with Crippen molar-refractivity contribution in [1.82, 2.24) is 4.57 Å². The van der Waals surface area contributed by atoms with Crippen LogP contribution in [0.1, 0.15) is 0 Å².